The highest BCUT2D eigenvalue weighted by atomic mass is 16.6. The number of esters is 1. The number of ether oxygens (including phenoxy) is 3. The Labute approximate surface area is 182 Å². The maximum absolute atomic E-state index is 12.9. The van der Waals surface area contributed by atoms with Gasteiger partial charge in [-0.2, -0.15) is 0 Å². The van der Waals surface area contributed by atoms with Gasteiger partial charge < -0.3 is 19.1 Å². The van der Waals surface area contributed by atoms with Gasteiger partial charge in [-0.05, 0) is 69.0 Å². The molecule has 0 radical (unpaired) electrons. The summed E-state index contributed by atoms with van der Waals surface area (Å²) in [5, 5.41) is 0. The summed E-state index contributed by atoms with van der Waals surface area (Å²) in [6.07, 6.45) is 2.74. The van der Waals surface area contributed by atoms with E-state index >= 15 is 0 Å². The van der Waals surface area contributed by atoms with Gasteiger partial charge in [0.25, 0.3) is 0 Å². The van der Waals surface area contributed by atoms with Gasteiger partial charge in [0.2, 0.25) is 5.78 Å². The molecule has 1 fully saturated rings. The van der Waals surface area contributed by atoms with Crippen LogP contribution in [0.15, 0.2) is 42.2 Å². The van der Waals surface area contributed by atoms with Gasteiger partial charge in [0.1, 0.15) is 11.5 Å². The number of nitrogens with zero attached hydrogens (tertiary/aromatic N) is 1. The van der Waals surface area contributed by atoms with Crippen LogP contribution in [0.2, 0.25) is 0 Å². The maximum Gasteiger partial charge on any atom is 0.340 e. The van der Waals surface area contributed by atoms with Gasteiger partial charge in [-0.1, -0.05) is 12.1 Å². The third kappa shape index (κ3) is 4.35. The molecular weight excluding hydrogens is 394 g/mol. The van der Waals surface area contributed by atoms with Crippen LogP contribution in [-0.4, -0.2) is 37.6 Å². The highest BCUT2D eigenvalue weighted by molar-refractivity contribution is 6.15. The summed E-state index contributed by atoms with van der Waals surface area (Å²) in [6, 6.07) is 11.3. The molecule has 0 N–H and O–H groups in total. The van der Waals surface area contributed by atoms with Crippen molar-refractivity contribution in [2.45, 2.75) is 39.7 Å². The van der Waals surface area contributed by atoms with Crippen molar-refractivity contribution in [3.8, 4) is 11.5 Å². The smallest absolute Gasteiger partial charge is 0.340 e. The second kappa shape index (κ2) is 8.94. The van der Waals surface area contributed by atoms with Crippen LogP contribution in [0.4, 0.5) is 5.69 Å². The first-order valence-electron chi connectivity index (χ1n) is 10.8. The minimum atomic E-state index is -0.522. The quantitative estimate of drug-likeness (QED) is 0.388. The lowest BCUT2D eigenvalue weighted by molar-refractivity contribution is -0.144. The molecule has 0 aliphatic carbocycles. The van der Waals surface area contributed by atoms with Crippen LogP contribution >= 0.6 is 0 Å². The Morgan fingerprint density at radius 3 is 2.58 bits per heavy atom. The number of benzene rings is 2. The van der Waals surface area contributed by atoms with E-state index in [-0.39, 0.29) is 11.5 Å². The van der Waals surface area contributed by atoms with E-state index < -0.39 is 12.1 Å². The zero-order valence-electron chi connectivity index (χ0n) is 18.1. The van der Waals surface area contributed by atoms with Crippen LogP contribution in [-0.2, 0) is 9.53 Å². The van der Waals surface area contributed by atoms with E-state index in [0.29, 0.717) is 35.7 Å². The molecule has 31 heavy (non-hydrogen) atoms. The second-order valence-corrected chi connectivity index (χ2v) is 7.74. The molecule has 0 amide bonds. The molecule has 0 spiro atoms. The number of carbonyl (C=O) groups is 2. The number of aryl methyl sites for hydroxylation is 1. The number of anilines is 1. The molecule has 162 valence electrons. The standard InChI is InChI=1S/C25H27NO5/c1-4-26(5-2)18-10-8-17(9-11-18)14-22-24(27)23-16(3)13-19(15-21(23)31-22)30-25(28)20-7-6-12-29-20/h8-11,13-15,20H,4-7,12H2,1-3H3/b22-14-. The van der Waals surface area contributed by atoms with Crippen molar-refractivity contribution in [2.75, 3.05) is 24.6 Å². The molecule has 6 nitrogen and oxygen atoms in total. The maximum atomic E-state index is 12.9. The van der Waals surface area contributed by atoms with E-state index in [4.69, 9.17) is 14.2 Å². The number of ketones is 1. The van der Waals surface area contributed by atoms with E-state index in [1.807, 2.05) is 31.2 Å². The van der Waals surface area contributed by atoms with E-state index in [1.165, 1.54) is 0 Å². The van der Waals surface area contributed by atoms with Crippen molar-refractivity contribution in [1.82, 2.24) is 0 Å². The van der Waals surface area contributed by atoms with Gasteiger partial charge >= 0.3 is 5.97 Å². The molecule has 2 aliphatic rings. The molecular formula is C25H27NO5. The molecule has 1 atom stereocenters. The van der Waals surface area contributed by atoms with Crippen LogP contribution in [0.1, 0.15) is 48.2 Å². The van der Waals surface area contributed by atoms with Gasteiger partial charge in [0.05, 0.1) is 5.56 Å². The third-order valence-electron chi connectivity index (χ3n) is 5.67. The molecule has 6 heteroatoms. The fourth-order valence-electron chi connectivity index (χ4n) is 4.00. The summed E-state index contributed by atoms with van der Waals surface area (Å²) < 4.78 is 16.7. The fraction of sp³-hybridized carbons (Fsp3) is 0.360. The molecule has 0 aromatic heterocycles. The Balaban J connectivity index is 1.53. The number of fused-ring (bicyclic) bond motifs is 1. The Morgan fingerprint density at radius 1 is 1.19 bits per heavy atom. The monoisotopic (exact) mass is 421 g/mol. The Bertz CT molecular complexity index is 1010. The lowest BCUT2D eigenvalue weighted by Gasteiger charge is -2.20. The summed E-state index contributed by atoms with van der Waals surface area (Å²) in [5.74, 6) is 0.444. The fourth-order valence-corrected chi connectivity index (χ4v) is 4.00. The van der Waals surface area contributed by atoms with Crippen molar-refractivity contribution >= 4 is 23.5 Å². The first-order valence-corrected chi connectivity index (χ1v) is 10.8. The number of hydrogen-bond donors (Lipinski definition) is 0. The molecule has 1 unspecified atom stereocenters. The topological polar surface area (TPSA) is 65.1 Å². The average molecular weight is 421 g/mol. The lowest BCUT2D eigenvalue weighted by Crippen LogP contribution is -2.24. The normalized spacial score (nSPS) is 18.7. The van der Waals surface area contributed by atoms with Gasteiger partial charge in [-0.25, -0.2) is 4.79 Å². The second-order valence-electron chi connectivity index (χ2n) is 7.74. The zero-order chi connectivity index (χ0) is 22.0. The van der Waals surface area contributed by atoms with Crippen molar-refractivity contribution in [1.29, 1.82) is 0 Å². The minimum absolute atomic E-state index is 0.169. The van der Waals surface area contributed by atoms with Crippen LogP contribution in [0.25, 0.3) is 6.08 Å². The zero-order valence-corrected chi connectivity index (χ0v) is 18.1. The van der Waals surface area contributed by atoms with E-state index in [9.17, 15) is 9.59 Å². The number of carbonyl (C=O) groups excluding carboxylic acids is 2. The van der Waals surface area contributed by atoms with Crippen molar-refractivity contribution < 1.29 is 23.8 Å². The number of Topliss-reactive ketones (excluding diaryl/α,β-unsaturated/α-hetero) is 1. The Morgan fingerprint density at radius 2 is 1.94 bits per heavy atom. The number of rotatable bonds is 6. The highest BCUT2D eigenvalue weighted by Gasteiger charge is 2.31. The number of allylic oxidation sites excluding steroid dienone is 1. The molecule has 2 aliphatic heterocycles. The van der Waals surface area contributed by atoms with Gasteiger partial charge in [-0.15, -0.1) is 0 Å². The highest BCUT2D eigenvalue weighted by Crippen LogP contribution is 2.38. The largest absolute Gasteiger partial charge is 0.452 e. The molecule has 2 heterocycles. The predicted octanol–water partition coefficient (Wildman–Crippen LogP) is 4.54. The Kier molecular flexibility index (Phi) is 6.09. The van der Waals surface area contributed by atoms with Gasteiger partial charge in [0, 0.05) is 31.5 Å². The summed E-state index contributed by atoms with van der Waals surface area (Å²) in [6.45, 7) is 8.50. The van der Waals surface area contributed by atoms with Gasteiger partial charge in [-0.3, -0.25) is 4.79 Å². The molecule has 1 saturated heterocycles. The predicted molar refractivity (Wildman–Crippen MR) is 119 cm³/mol. The van der Waals surface area contributed by atoms with Crippen LogP contribution in [0, 0.1) is 6.92 Å². The lowest BCUT2D eigenvalue weighted by atomic mass is 10.0. The Hall–Kier alpha value is -3.12. The van der Waals surface area contributed by atoms with Crippen LogP contribution < -0.4 is 14.4 Å². The summed E-state index contributed by atoms with van der Waals surface area (Å²) >= 11 is 0. The SMILES string of the molecule is CCN(CC)c1ccc(/C=C2\Oc3cc(OC(=O)C4CCCO4)cc(C)c3C2=O)cc1. The minimum Gasteiger partial charge on any atom is -0.452 e. The van der Waals surface area contributed by atoms with Crippen molar-refractivity contribution in [3.05, 3.63) is 58.8 Å². The van der Waals surface area contributed by atoms with Crippen molar-refractivity contribution in [3.63, 3.8) is 0 Å². The van der Waals surface area contributed by atoms with E-state index in [0.717, 1.165) is 30.8 Å². The molecule has 2 aromatic rings. The number of hydrogen-bond acceptors (Lipinski definition) is 6. The van der Waals surface area contributed by atoms with Crippen molar-refractivity contribution in [2.24, 2.45) is 0 Å². The average Bonchev–Trinajstić information content (AvgIpc) is 3.39. The van der Waals surface area contributed by atoms with E-state index in [1.54, 1.807) is 18.2 Å². The summed E-state index contributed by atoms with van der Waals surface area (Å²) in [7, 11) is 0. The first-order chi connectivity index (χ1) is 15.0. The van der Waals surface area contributed by atoms with Crippen LogP contribution in [0.3, 0.4) is 0 Å². The molecule has 2 aromatic carbocycles. The first kappa shape index (κ1) is 21.1. The van der Waals surface area contributed by atoms with Gasteiger partial charge in [0.15, 0.2) is 11.9 Å². The van der Waals surface area contributed by atoms with Crippen LogP contribution in [0.5, 0.6) is 11.5 Å². The third-order valence-corrected chi connectivity index (χ3v) is 5.67. The van der Waals surface area contributed by atoms with E-state index in [2.05, 4.69) is 18.7 Å². The molecule has 0 bridgehead atoms. The summed E-state index contributed by atoms with van der Waals surface area (Å²) in [4.78, 5) is 27.4. The molecule has 4 rings (SSSR count). The summed E-state index contributed by atoms with van der Waals surface area (Å²) in [5.41, 5.74) is 3.23. The molecule has 0 saturated carbocycles.